The Morgan fingerprint density at radius 2 is 2.12 bits per heavy atom. The van der Waals surface area contributed by atoms with E-state index in [2.05, 4.69) is 15.9 Å². The number of rotatable bonds is 2. The summed E-state index contributed by atoms with van der Waals surface area (Å²) in [5, 5.41) is 0. The van der Waals surface area contributed by atoms with Crippen LogP contribution in [0.1, 0.15) is 22.9 Å². The van der Waals surface area contributed by atoms with Crippen LogP contribution in [0.2, 0.25) is 0 Å². The fourth-order valence-electron chi connectivity index (χ4n) is 1.56. The van der Waals surface area contributed by atoms with Gasteiger partial charge in [0.1, 0.15) is 11.6 Å². The van der Waals surface area contributed by atoms with E-state index in [4.69, 9.17) is 10.2 Å². The van der Waals surface area contributed by atoms with Gasteiger partial charge in [-0.1, -0.05) is 15.9 Å². The first-order valence-corrected chi connectivity index (χ1v) is 5.63. The first-order chi connectivity index (χ1) is 7.58. The molecule has 1 unspecified atom stereocenters. The molecule has 0 saturated carbocycles. The quantitative estimate of drug-likeness (QED) is 0.916. The molecule has 0 radical (unpaired) electrons. The maximum atomic E-state index is 13.6. The summed E-state index contributed by atoms with van der Waals surface area (Å²) in [6.07, 6.45) is 1.56. The van der Waals surface area contributed by atoms with Crippen LogP contribution >= 0.6 is 15.9 Å². The maximum Gasteiger partial charge on any atom is 0.128 e. The molecule has 0 fully saturated rings. The summed E-state index contributed by atoms with van der Waals surface area (Å²) in [6.45, 7) is 1.83. The standard InChI is InChI=1S/C12H11BrFNO/c1-7-4-8(6-16-7)12(15)10-5-9(13)2-3-11(10)14/h2-6,12H,15H2,1H3. The molecular weight excluding hydrogens is 273 g/mol. The molecule has 16 heavy (non-hydrogen) atoms. The number of furan rings is 1. The molecule has 2 nitrogen and oxygen atoms in total. The molecule has 84 valence electrons. The van der Waals surface area contributed by atoms with Crippen molar-refractivity contribution in [2.24, 2.45) is 5.73 Å². The van der Waals surface area contributed by atoms with Gasteiger partial charge in [-0.15, -0.1) is 0 Å². The normalized spacial score (nSPS) is 12.8. The average molecular weight is 284 g/mol. The Balaban J connectivity index is 2.40. The summed E-state index contributed by atoms with van der Waals surface area (Å²) < 4.78 is 19.5. The van der Waals surface area contributed by atoms with E-state index in [0.717, 1.165) is 15.8 Å². The summed E-state index contributed by atoms with van der Waals surface area (Å²) in [4.78, 5) is 0. The Kier molecular flexibility index (Phi) is 3.12. The van der Waals surface area contributed by atoms with Gasteiger partial charge < -0.3 is 10.2 Å². The van der Waals surface area contributed by atoms with Gasteiger partial charge in [-0.3, -0.25) is 0 Å². The zero-order valence-electron chi connectivity index (χ0n) is 8.71. The van der Waals surface area contributed by atoms with Crippen LogP contribution in [0.3, 0.4) is 0 Å². The van der Waals surface area contributed by atoms with Crippen LogP contribution in [0.25, 0.3) is 0 Å². The van der Waals surface area contributed by atoms with Crippen molar-refractivity contribution in [3.63, 3.8) is 0 Å². The number of hydrogen-bond donors (Lipinski definition) is 1. The average Bonchev–Trinajstić information content (AvgIpc) is 2.67. The minimum absolute atomic E-state index is 0.311. The van der Waals surface area contributed by atoms with Crippen LogP contribution in [-0.4, -0.2) is 0 Å². The van der Waals surface area contributed by atoms with Crippen LogP contribution in [0.4, 0.5) is 4.39 Å². The maximum absolute atomic E-state index is 13.6. The molecule has 4 heteroatoms. The monoisotopic (exact) mass is 283 g/mol. The van der Waals surface area contributed by atoms with Gasteiger partial charge in [0.25, 0.3) is 0 Å². The van der Waals surface area contributed by atoms with Gasteiger partial charge in [0, 0.05) is 15.6 Å². The number of aryl methyl sites for hydroxylation is 1. The van der Waals surface area contributed by atoms with Gasteiger partial charge in [-0.25, -0.2) is 4.39 Å². The van der Waals surface area contributed by atoms with Crippen LogP contribution in [-0.2, 0) is 0 Å². The van der Waals surface area contributed by atoms with Crippen molar-refractivity contribution in [3.05, 3.63) is 57.7 Å². The highest BCUT2D eigenvalue weighted by Crippen LogP contribution is 2.26. The Morgan fingerprint density at radius 1 is 1.38 bits per heavy atom. The second-order valence-electron chi connectivity index (χ2n) is 3.63. The number of benzene rings is 1. The van der Waals surface area contributed by atoms with Gasteiger partial charge >= 0.3 is 0 Å². The molecule has 1 atom stereocenters. The molecule has 0 spiro atoms. The molecule has 0 aliphatic heterocycles. The number of hydrogen-bond acceptors (Lipinski definition) is 2. The molecule has 2 rings (SSSR count). The molecule has 1 aromatic heterocycles. The fraction of sp³-hybridized carbons (Fsp3) is 0.167. The predicted molar refractivity (Wildman–Crippen MR) is 63.6 cm³/mol. The molecule has 2 aromatic rings. The highest BCUT2D eigenvalue weighted by Gasteiger charge is 2.15. The molecule has 0 saturated heterocycles. The zero-order chi connectivity index (χ0) is 11.7. The summed E-state index contributed by atoms with van der Waals surface area (Å²) in [6, 6.07) is 6.03. The summed E-state index contributed by atoms with van der Waals surface area (Å²) >= 11 is 3.30. The minimum Gasteiger partial charge on any atom is -0.469 e. The molecule has 0 amide bonds. The first-order valence-electron chi connectivity index (χ1n) is 4.83. The van der Waals surface area contributed by atoms with Gasteiger partial charge in [-0.05, 0) is 31.2 Å². The van der Waals surface area contributed by atoms with Crippen LogP contribution in [0.5, 0.6) is 0 Å². The van der Waals surface area contributed by atoms with Crippen molar-refractivity contribution in [1.29, 1.82) is 0 Å². The van der Waals surface area contributed by atoms with Gasteiger partial charge in [-0.2, -0.15) is 0 Å². The van der Waals surface area contributed by atoms with E-state index in [0.29, 0.717) is 5.56 Å². The lowest BCUT2D eigenvalue weighted by Crippen LogP contribution is -2.12. The van der Waals surface area contributed by atoms with Crippen molar-refractivity contribution in [3.8, 4) is 0 Å². The largest absolute Gasteiger partial charge is 0.469 e. The highest BCUT2D eigenvalue weighted by molar-refractivity contribution is 9.10. The number of halogens is 2. The van der Waals surface area contributed by atoms with E-state index >= 15 is 0 Å². The third-order valence-electron chi connectivity index (χ3n) is 2.40. The molecule has 0 aliphatic carbocycles. The van der Waals surface area contributed by atoms with Crippen molar-refractivity contribution < 1.29 is 8.81 Å². The third kappa shape index (κ3) is 2.18. The molecular formula is C12H11BrFNO. The second-order valence-corrected chi connectivity index (χ2v) is 4.55. The van der Waals surface area contributed by atoms with Gasteiger partial charge in [0.15, 0.2) is 0 Å². The lowest BCUT2D eigenvalue weighted by Gasteiger charge is -2.11. The van der Waals surface area contributed by atoms with Crippen molar-refractivity contribution in [2.45, 2.75) is 13.0 Å². The van der Waals surface area contributed by atoms with E-state index < -0.39 is 6.04 Å². The molecule has 1 aromatic carbocycles. The molecule has 1 heterocycles. The lowest BCUT2D eigenvalue weighted by atomic mass is 10.0. The summed E-state index contributed by atoms with van der Waals surface area (Å²) in [7, 11) is 0. The first kappa shape index (κ1) is 11.4. The van der Waals surface area contributed by atoms with Gasteiger partial charge in [0.2, 0.25) is 0 Å². The van der Waals surface area contributed by atoms with E-state index in [1.807, 2.05) is 13.0 Å². The van der Waals surface area contributed by atoms with Crippen molar-refractivity contribution in [1.82, 2.24) is 0 Å². The fourth-order valence-corrected chi connectivity index (χ4v) is 1.94. The summed E-state index contributed by atoms with van der Waals surface area (Å²) in [5.41, 5.74) is 7.21. The Labute approximate surface area is 101 Å². The number of nitrogens with two attached hydrogens (primary N) is 1. The van der Waals surface area contributed by atoms with Crippen LogP contribution in [0, 0.1) is 12.7 Å². The molecule has 0 aliphatic rings. The zero-order valence-corrected chi connectivity index (χ0v) is 10.3. The lowest BCUT2D eigenvalue weighted by molar-refractivity contribution is 0.529. The SMILES string of the molecule is Cc1cc(C(N)c2cc(Br)ccc2F)co1. The Hall–Kier alpha value is -1.13. The Bertz CT molecular complexity index is 509. The Morgan fingerprint density at radius 3 is 2.75 bits per heavy atom. The third-order valence-corrected chi connectivity index (χ3v) is 2.90. The minimum atomic E-state index is -0.505. The van der Waals surface area contributed by atoms with Crippen LogP contribution in [0.15, 0.2) is 39.4 Å². The molecule has 2 N–H and O–H groups in total. The highest BCUT2D eigenvalue weighted by atomic mass is 79.9. The van der Waals surface area contributed by atoms with Crippen molar-refractivity contribution in [2.75, 3.05) is 0 Å². The predicted octanol–water partition coefficient (Wildman–Crippen LogP) is 3.54. The van der Waals surface area contributed by atoms with E-state index in [1.54, 1.807) is 18.4 Å². The van der Waals surface area contributed by atoms with E-state index in [-0.39, 0.29) is 5.82 Å². The summed E-state index contributed by atoms with van der Waals surface area (Å²) in [5.74, 6) is 0.454. The van der Waals surface area contributed by atoms with E-state index in [1.165, 1.54) is 6.07 Å². The van der Waals surface area contributed by atoms with E-state index in [9.17, 15) is 4.39 Å². The topological polar surface area (TPSA) is 39.2 Å². The second kappa shape index (κ2) is 4.39. The smallest absolute Gasteiger partial charge is 0.128 e. The van der Waals surface area contributed by atoms with Crippen molar-refractivity contribution >= 4 is 15.9 Å². The van der Waals surface area contributed by atoms with Crippen LogP contribution < -0.4 is 5.73 Å². The van der Waals surface area contributed by atoms with Gasteiger partial charge in [0.05, 0.1) is 12.3 Å². The molecule has 0 bridgehead atoms.